The number of rotatable bonds is 7. The molecule has 0 aliphatic rings. The second-order valence-electron chi connectivity index (χ2n) is 5.17. The molecule has 1 unspecified atom stereocenters. The molecule has 1 atom stereocenters. The average Bonchev–Trinajstić information content (AvgIpc) is 2.85. The lowest BCUT2D eigenvalue weighted by atomic mass is 10.0. The van der Waals surface area contributed by atoms with Crippen molar-refractivity contribution >= 4 is 27.5 Å². The van der Waals surface area contributed by atoms with Crippen LogP contribution in [0.1, 0.15) is 37.2 Å². The minimum Gasteiger partial charge on any atom is -0.338 e. The molecule has 114 valence electrons. The maximum Gasteiger partial charge on any atom is 0.108 e. The third-order valence-electron chi connectivity index (χ3n) is 3.56. The highest BCUT2D eigenvalue weighted by atomic mass is 79.9. The highest BCUT2D eigenvalue weighted by Gasteiger charge is 2.15. The number of halogens is 2. The fourth-order valence-electron chi connectivity index (χ4n) is 2.38. The molecule has 0 spiro atoms. The van der Waals surface area contributed by atoms with Gasteiger partial charge in [-0.1, -0.05) is 40.5 Å². The Labute approximate surface area is 139 Å². The van der Waals surface area contributed by atoms with Crippen LogP contribution in [0.15, 0.2) is 35.1 Å². The van der Waals surface area contributed by atoms with Gasteiger partial charge in [0.25, 0.3) is 0 Å². The van der Waals surface area contributed by atoms with E-state index < -0.39 is 0 Å². The van der Waals surface area contributed by atoms with E-state index >= 15 is 0 Å². The Balaban J connectivity index is 2.12. The van der Waals surface area contributed by atoms with Gasteiger partial charge in [-0.2, -0.15) is 0 Å². The third kappa shape index (κ3) is 4.56. The normalized spacial score (nSPS) is 12.6. The zero-order chi connectivity index (χ0) is 15.2. The van der Waals surface area contributed by atoms with Crippen molar-refractivity contribution in [2.45, 2.75) is 32.2 Å². The topological polar surface area (TPSA) is 29.9 Å². The maximum atomic E-state index is 6.40. The SMILES string of the molecule is CCCNC(CCc1nccn1C)c1ccc(Br)cc1Cl. The van der Waals surface area contributed by atoms with E-state index in [0.29, 0.717) is 0 Å². The van der Waals surface area contributed by atoms with Crippen LogP contribution in [0.25, 0.3) is 0 Å². The van der Waals surface area contributed by atoms with Crippen LogP contribution in [-0.2, 0) is 13.5 Å². The summed E-state index contributed by atoms with van der Waals surface area (Å²) in [7, 11) is 2.03. The Hall–Kier alpha value is -0.840. The fourth-order valence-corrected chi connectivity index (χ4v) is 3.19. The number of aryl methyl sites for hydroxylation is 2. The van der Waals surface area contributed by atoms with Crippen molar-refractivity contribution in [1.82, 2.24) is 14.9 Å². The summed E-state index contributed by atoms with van der Waals surface area (Å²) in [6, 6.07) is 6.35. The van der Waals surface area contributed by atoms with Crippen LogP contribution in [0.2, 0.25) is 5.02 Å². The molecular formula is C16H21BrClN3. The highest BCUT2D eigenvalue weighted by Crippen LogP contribution is 2.29. The summed E-state index contributed by atoms with van der Waals surface area (Å²) < 4.78 is 3.08. The summed E-state index contributed by atoms with van der Waals surface area (Å²) in [4.78, 5) is 4.39. The van der Waals surface area contributed by atoms with Crippen molar-refractivity contribution in [2.75, 3.05) is 6.54 Å². The maximum absolute atomic E-state index is 6.40. The smallest absolute Gasteiger partial charge is 0.108 e. The molecular weight excluding hydrogens is 350 g/mol. The summed E-state index contributed by atoms with van der Waals surface area (Å²) >= 11 is 9.86. The Morgan fingerprint density at radius 3 is 2.86 bits per heavy atom. The van der Waals surface area contributed by atoms with Gasteiger partial charge in [-0.25, -0.2) is 4.98 Å². The lowest BCUT2D eigenvalue weighted by Gasteiger charge is -2.20. The van der Waals surface area contributed by atoms with Crippen molar-refractivity contribution in [2.24, 2.45) is 7.05 Å². The molecule has 0 aliphatic heterocycles. The molecule has 1 heterocycles. The van der Waals surface area contributed by atoms with E-state index in [1.807, 2.05) is 31.6 Å². The molecule has 2 aromatic rings. The van der Waals surface area contributed by atoms with Gasteiger partial charge < -0.3 is 9.88 Å². The lowest BCUT2D eigenvalue weighted by Crippen LogP contribution is -2.23. The molecule has 3 nitrogen and oxygen atoms in total. The average molecular weight is 371 g/mol. The minimum absolute atomic E-state index is 0.252. The first-order valence-corrected chi connectivity index (χ1v) is 8.43. The van der Waals surface area contributed by atoms with Crippen molar-refractivity contribution in [3.8, 4) is 0 Å². The van der Waals surface area contributed by atoms with Crippen molar-refractivity contribution in [3.63, 3.8) is 0 Å². The molecule has 0 saturated heterocycles. The predicted molar refractivity (Wildman–Crippen MR) is 91.7 cm³/mol. The molecule has 21 heavy (non-hydrogen) atoms. The number of hydrogen-bond donors (Lipinski definition) is 1. The zero-order valence-corrected chi connectivity index (χ0v) is 14.8. The molecule has 0 amide bonds. The van der Waals surface area contributed by atoms with Crippen LogP contribution in [0, 0.1) is 0 Å². The first-order chi connectivity index (χ1) is 10.1. The summed E-state index contributed by atoms with van der Waals surface area (Å²) in [6.07, 6.45) is 6.84. The number of nitrogens with zero attached hydrogens (tertiary/aromatic N) is 2. The first-order valence-electron chi connectivity index (χ1n) is 7.26. The number of hydrogen-bond acceptors (Lipinski definition) is 2. The van der Waals surface area contributed by atoms with Gasteiger partial charge in [0.05, 0.1) is 0 Å². The van der Waals surface area contributed by atoms with Crippen molar-refractivity contribution in [3.05, 3.63) is 51.5 Å². The molecule has 5 heteroatoms. The minimum atomic E-state index is 0.252. The van der Waals surface area contributed by atoms with E-state index in [9.17, 15) is 0 Å². The highest BCUT2D eigenvalue weighted by molar-refractivity contribution is 9.10. The van der Waals surface area contributed by atoms with Gasteiger partial charge in [0.15, 0.2) is 0 Å². The van der Waals surface area contributed by atoms with E-state index in [-0.39, 0.29) is 6.04 Å². The van der Waals surface area contributed by atoms with Crippen molar-refractivity contribution < 1.29 is 0 Å². The summed E-state index contributed by atoms with van der Waals surface area (Å²) in [6.45, 7) is 3.16. The number of nitrogens with one attached hydrogen (secondary N) is 1. The van der Waals surface area contributed by atoms with Crippen LogP contribution in [0.5, 0.6) is 0 Å². The lowest BCUT2D eigenvalue weighted by molar-refractivity contribution is 0.491. The Kier molecular flexibility index (Phi) is 6.27. The first kappa shape index (κ1) is 16.5. The number of benzene rings is 1. The standard InChI is InChI=1S/C16H21BrClN3/c1-3-8-19-15(6-7-16-20-9-10-21(16)2)13-5-4-12(17)11-14(13)18/h4-5,9-11,15,19H,3,6-8H2,1-2H3. The second kappa shape index (κ2) is 7.97. The van der Waals surface area contributed by atoms with Gasteiger partial charge in [0.1, 0.15) is 5.82 Å². The molecule has 0 radical (unpaired) electrons. The molecule has 1 aromatic carbocycles. The van der Waals surface area contributed by atoms with E-state index in [0.717, 1.165) is 46.7 Å². The molecule has 0 aliphatic carbocycles. The third-order valence-corrected chi connectivity index (χ3v) is 4.38. The summed E-state index contributed by atoms with van der Waals surface area (Å²) in [5.41, 5.74) is 1.16. The fraction of sp³-hybridized carbons (Fsp3) is 0.438. The van der Waals surface area contributed by atoms with Crippen LogP contribution in [0.3, 0.4) is 0 Å². The predicted octanol–water partition coefficient (Wildman–Crippen LogP) is 4.51. The van der Waals surface area contributed by atoms with E-state index in [1.54, 1.807) is 0 Å². The number of aromatic nitrogens is 2. The van der Waals surface area contributed by atoms with Crippen molar-refractivity contribution in [1.29, 1.82) is 0 Å². The van der Waals surface area contributed by atoms with E-state index in [1.165, 1.54) is 0 Å². The molecule has 1 aromatic heterocycles. The number of imidazole rings is 1. The summed E-state index contributed by atoms with van der Waals surface area (Å²) in [5, 5.41) is 4.39. The molecule has 1 N–H and O–H groups in total. The van der Waals surface area contributed by atoms with E-state index in [4.69, 9.17) is 11.6 Å². The van der Waals surface area contributed by atoms with Gasteiger partial charge >= 0.3 is 0 Å². The molecule has 0 bridgehead atoms. The van der Waals surface area contributed by atoms with Crippen LogP contribution in [0.4, 0.5) is 0 Å². The Morgan fingerprint density at radius 1 is 1.43 bits per heavy atom. The second-order valence-corrected chi connectivity index (χ2v) is 6.49. The van der Waals surface area contributed by atoms with Crippen LogP contribution >= 0.6 is 27.5 Å². The Bertz CT molecular complexity index is 583. The monoisotopic (exact) mass is 369 g/mol. The van der Waals surface area contributed by atoms with Crippen LogP contribution in [-0.4, -0.2) is 16.1 Å². The van der Waals surface area contributed by atoms with E-state index in [2.05, 4.69) is 43.8 Å². The molecule has 0 saturated carbocycles. The van der Waals surface area contributed by atoms with Crippen LogP contribution < -0.4 is 5.32 Å². The molecule has 2 rings (SSSR count). The van der Waals surface area contributed by atoms with Gasteiger partial charge in [-0.05, 0) is 37.1 Å². The quantitative estimate of drug-likeness (QED) is 0.777. The largest absolute Gasteiger partial charge is 0.338 e. The summed E-state index contributed by atoms with van der Waals surface area (Å²) in [5.74, 6) is 1.10. The van der Waals surface area contributed by atoms with Gasteiger partial charge in [-0.3, -0.25) is 0 Å². The zero-order valence-electron chi connectivity index (χ0n) is 12.4. The molecule has 0 fully saturated rings. The Morgan fingerprint density at radius 2 is 2.24 bits per heavy atom. The van der Waals surface area contributed by atoms with Gasteiger partial charge in [0, 0.05) is 41.4 Å². The van der Waals surface area contributed by atoms with Gasteiger partial charge in [0.2, 0.25) is 0 Å². The van der Waals surface area contributed by atoms with Gasteiger partial charge in [-0.15, -0.1) is 0 Å².